The quantitative estimate of drug-likeness (QED) is 0.120. The lowest BCUT2D eigenvalue weighted by Gasteiger charge is -2.31. The molecule has 0 bridgehead atoms. The maximum atomic E-state index is 14.0. The summed E-state index contributed by atoms with van der Waals surface area (Å²) in [7, 11) is 0. The molecule has 2 aromatic heterocycles. The van der Waals surface area contributed by atoms with Crippen molar-refractivity contribution in [2.45, 2.75) is 82.6 Å². The first-order chi connectivity index (χ1) is 28.8. The summed E-state index contributed by atoms with van der Waals surface area (Å²) in [6, 6.07) is 26.3. The highest BCUT2D eigenvalue weighted by molar-refractivity contribution is 6.30. The third kappa shape index (κ3) is 7.96. The second-order valence-electron chi connectivity index (χ2n) is 16.2. The van der Waals surface area contributed by atoms with Gasteiger partial charge in [0.05, 0.1) is 19.2 Å². The van der Waals surface area contributed by atoms with Crippen molar-refractivity contribution < 1.29 is 23.9 Å². The number of rotatable bonds is 12. The molecule has 4 heterocycles. The molecule has 0 spiro atoms. The lowest BCUT2D eigenvalue weighted by atomic mass is 9.83. The van der Waals surface area contributed by atoms with Crippen molar-refractivity contribution in [1.29, 1.82) is 0 Å². The van der Waals surface area contributed by atoms with Gasteiger partial charge in [-0.05, 0) is 123 Å². The maximum absolute atomic E-state index is 14.0. The molecule has 3 aliphatic rings. The largest absolute Gasteiger partial charge is 0.490 e. The van der Waals surface area contributed by atoms with Crippen LogP contribution in [0.4, 0.5) is 9.59 Å². The van der Waals surface area contributed by atoms with Crippen molar-refractivity contribution in [1.82, 2.24) is 30.4 Å². The Hall–Kier alpha value is -6.47. The van der Waals surface area contributed by atoms with Gasteiger partial charge in [-0.2, -0.15) is 0 Å². The molecular weight excluding hydrogens is 784 g/mol. The van der Waals surface area contributed by atoms with E-state index in [0.29, 0.717) is 45.9 Å². The molecule has 2 saturated heterocycles. The first-order valence-electron chi connectivity index (χ1n) is 20.1. The third-order valence-corrected chi connectivity index (χ3v) is 12.3. The van der Waals surface area contributed by atoms with E-state index in [-0.39, 0.29) is 36.2 Å². The molecule has 2 unspecified atom stereocenters. The minimum absolute atomic E-state index is 0.0607. The monoisotopic (exact) mass is 828 g/mol. The number of ether oxygens (including phenoxy) is 1. The molecule has 2 aliphatic heterocycles. The number of urea groups is 2. The number of amides is 6. The van der Waals surface area contributed by atoms with Crippen LogP contribution in [0.3, 0.4) is 0 Å². The summed E-state index contributed by atoms with van der Waals surface area (Å²) in [5.41, 5.74) is 1.73. The maximum Gasteiger partial charge on any atom is 0.322 e. The van der Waals surface area contributed by atoms with Crippen molar-refractivity contribution in [3.8, 4) is 5.75 Å². The number of aromatic nitrogens is 2. The predicted molar refractivity (Wildman–Crippen MR) is 225 cm³/mol. The number of benzene rings is 3. The molecule has 3 fully saturated rings. The SMILES string of the molecule is Cc1cc(C2(Cn3cccc(C)c3=O)NC(=O)NC2=O)ccc1OC1CCC(Cc2cccn(CC3(c4ccc(Cc5ccc(Cl)cc5)cc4)NC(=O)NC3=O)c2=O)CC1. The van der Waals surface area contributed by atoms with Crippen LogP contribution in [-0.2, 0) is 46.6 Å². The molecule has 6 amide bonds. The zero-order valence-electron chi connectivity index (χ0n) is 33.3. The van der Waals surface area contributed by atoms with Gasteiger partial charge >= 0.3 is 12.1 Å². The minimum Gasteiger partial charge on any atom is -0.490 e. The first kappa shape index (κ1) is 40.3. The molecule has 4 N–H and O–H groups in total. The first-order valence-corrected chi connectivity index (χ1v) is 20.4. The Bertz CT molecular complexity index is 2620. The molecule has 14 heteroatoms. The van der Waals surface area contributed by atoms with E-state index in [9.17, 15) is 28.8 Å². The topological polar surface area (TPSA) is 170 Å². The second-order valence-corrected chi connectivity index (χ2v) is 16.6. The minimum atomic E-state index is -1.48. The van der Waals surface area contributed by atoms with Crippen LogP contribution in [0.1, 0.15) is 64.6 Å². The van der Waals surface area contributed by atoms with Gasteiger partial charge < -0.3 is 24.5 Å². The smallest absolute Gasteiger partial charge is 0.322 e. The van der Waals surface area contributed by atoms with Crippen molar-refractivity contribution in [3.05, 3.63) is 168 Å². The van der Waals surface area contributed by atoms with E-state index < -0.39 is 35.0 Å². The molecule has 8 rings (SSSR count). The lowest BCUT2D eigenvalue weighted by Crippen LogP contribution is -2.49. The number of hydrogen-bond acceptors (Lipinski definition) is 7. The molecule has 13 nitrogen and oxygen atoms in total. The number of nitrogens with zero attached hydrogens (tertiary/aromatic N) is 2. The second kappa shape index (κ2) is 16.3. The van der Waals surface area contributed by atoms with Gasteiger partial charge in [-0.1, -0.05) is 66.2 Å². The fourth-order valence-electron chi connectivity index (χ4n) is 8.69. The van der Waals surface area contributed by atoms with Gasteiger partial charge in [-0.25, -0.2) is 9.59 Å². The van der Waals surface area contributed by atoms with Gasteiger partial charge in [0.2, 0.25) is 0 Å². The van der Waals surface area contributed by atoms with Gasteiger partial charge in [0.1, 0.15) is 5.75 Å². The van der Waals surface area contributed by atoms with Crippen LogP contribution in [0, 0.1) is 19.8 Å². The zero-order valence-corrected chi connectivity index (χ0v) is 34.0. The molecule has 308 valence electrons. The van der Waals surface area contributed by atoms with Gasteiger partial charge in [-0.3, -0.25) is 29.8 Å². The number of halogens is 1. The standard InChI is InChI=1S/C46H45ClN6O7/c1-28-5-3-21-52(39(28)54)27-46(42(57)49-44(59)51-46)35-15-20-38(29(2)23-35)60-37-18-11-32(12-19-37)25-33-6-4-22-53(40(33)55)26-45(41(56)48-43(58)50-45)34-13-7-30(8-14-34)24-31-9-16-36(47)17-10-31/h3-10,13-17,20-23,32,37H,11-12,18-19,24-27H2,1-2H3,(H2,48,50,56,58)(H2,49,51,57,59). The fourth-order valence-corrected chi connectivity index (χ4v) is 8.82. The van der Waals surface area contributed by atoms with E-state index in [1.54, 1.807) is 49.6 Å². The summed E-state index contributed by atoms with van der Waals surface area (Å²) in [5.74, 6) is -0.159. The average Bonchev–Trinajstić information content (AvgIpc) is 3.69. The Morgan fingerprint density at radius 2 is 1.20 bits per heavy atom. The van der Waals surface area contributed by atoms with Gasteiger partial charge in [0.25, 0.3) is 22.9 Å². The predicted octanol–water partition coefficient (Wildman–Crippen LogP) is 5.52. The number of imide groups is 2. The summed E-state index contributed by atoms with van der Waals surface area (Å²) >= 11 is 6.04. The van der Waals surface area contributed by atoms with Gasteiger partial charge in [0, 0.05) is 28.5 Å². The highest BCUT2D eigenvalue weighted by Gasteiger charge is 2.49. The van der Waals surface area contributed by atoms with Gasteiger partial charge in [-0.15, -0.1) is 0 Å². The number of nitrogens with one attached hydrogen (secondary N) is 4. The molecular formula is C46H45ClN6O7. The molecule has 1 saturated carbocycles. The van der Waals surface area contributed by atoms with Crippen LogP contribution in [0.5, 0.6) is 5.75 Å². The van der Waals surface area contributed by atoms with Crippen molar-refractivity contribution in [2.75, 3.05) is 0 Å². The number of carbonyl (C=O) groups is 4. The van der Waals surface area contributed by atoms with Gasteiger partial charge in [0.15, 0.2) is 11.1 Å². The van der Waals surface area contributed by atoms with Crippen LogP contribution in [0.25, 0.3) is 0 Å². The molecule has 1 aliphatic carbocycles. The van der Waals surface area contributed by atoms with Crippen molar-refractivity contribution in [2.24, 2.45) is 5.92 Å². The van der Waals surface area contributed by atoms with Crippen LogP contribution in [0.15, 0.2) is 113 Å². The fraction of sp³-hybridized carbons (Fsp3) is 0.304. The Labute approximate surface area is 351 Å². The van der Waals surface area contributed by atoms with E-state index in [1.807, 2.05) is 67.6 Å². The average molecular weight is 829 g/mol. The van der Waals surface area contributed by atoms with Crippen LogP contribution < -0.4 is 37.1 Å². The van der Waals surface area contributed by atoms with E-state index in [2.05, 4.69) is 21.3 Å². The van der Waals surface area contributed by atoms with Crippen LogP contribution in [0.2, 0.25) is 5.02 Å². The Kier molecular flexibility index (Phi) is 10.9. The lowest BCUT2D eigenvalue weighted by molar-refractivity contribution is -0.125. The molecule has 5 aromatic rings. The molecule has 3 aromatic carbocycles. The summed E-state index contributed by atoms with van der Waals surface area (Å²) in [6.45, 7) is 3.43. The van der Waals surface area contributed by atoms with Crippen LogP contribution >= 0.6 is 11.6 Å². The summed E-state index contributed by atoms with van der Waals surface area (Å²) in [4.78, 5) is 78.5. The Morgan fingerprint density at radius 3 is 1.78 bits per heavy atom. The summed E-state index contributed by atoms with van der Waals surface area (Å²) in [5, 5.41) is 11.0. The van der Waals surface area contributed by atoms with Crippen molar-refractivity contribution in [3.63, 3.8) is 0 Å². The molecule has 60 heavy (non-hydrogen) atoms. The van der Waals surface area contributed by atoms with Crippen LogP contribution in [-0.4, -0.2) is 39.1 Å². The van der Waals surface area contributed by atoms with Crippen molar-refractivity contribution >= 4 is 35.5 Å². The van der Waals surface area contributed by atoms with E-state index in [4.69, 9.17) is 16.3 Å². The molecule has 0 radical (unpaired) electrons. The number of pyridine rings is 2. The number of carbonyl (C=O) groups excluding carboxylic acids is 4. The number of aryl methyl sites for hydroxylation is 2. The van der Waals surface area contributed by atoms with E-state index in [1.165, 1.54) is 9.13 Å². The summed E-state index contributed by atoms with van der Waals surface area (Å²) < 4.78 is 9.42. The zero-order chi connectivity index (χ0) is 42.2. The highest BCUT2D eigenvalue weighted by Crippen LogP contribution is 2.34. The normalized spacial score (nSPS) is 22.5. The Morgan fingerprint density at radius 1 is 0.650 bits per heavy atom. The third-order valence-electron chi connectivity index (χ3n) is 12.0. The Balaban J connectivity index is 0.920. The summed E-state index contributed by atoms with van der Waals surface area (Å²) in [6.07, 6.45) is 7.62. The van der Waals surface area contributed by atoms with E-state index >= 15 is 0 Å². The van der Waals surface area contributed by atoms with E-state index in [0.717, 1.165) is 42.4 Å². The molecule has 2 atom stereocenters. The number of hydrogen-bond donors (Lipinski definition) is 4. The highest BCUT2D eigenvalue weighted by atomic mass is 35.5.